The number of allylic oxidation sites excluding steroid dienone is 2. The van der Waals surface area contributed by atoms with Crippen LogP contribution < -0.4 is 0 Å². The molecule has 0 saturated heterocycles. The minimum atomic E-state index is 0.520. The normalized spacial score (nSPS) is 27.0. The fourth-order valence-electron chi connectivity index (χ4n) is 2.61. The maximum absolute atomic E-state index is 9.04. The number of rotatable bonds is 0. The highest BCUT2D eigenvalue weighted by Gasteiger charge is 2.38. The van der Waals surface area contributed by atoms with E-state index in [1.54, 1.807) is 0 Å². The number of fused-ring (bicyclic) bond motifs is 5. The van der Waals surface area contributed by atoms with Gasteiger partial charge in [-0.15, -0.1) is 0 Å². The van der Waals surface area contributed by atoms with E-state index in [-0.39, 0.29) is 0 Å². The van der Waals surface area contributed by atoms with Crippen LogP contribution in [0.15, 0.2) is 27.9 Å². The van der Waals surface area contributed by atoms with Crippen molar-refractivity contribution in [1.82, 2.24) is 0 Å². The monoisotopic (exact) mass is 293 g/mol. The molecule has 1 nitrogen and oxygen atoms in total. The van der Waals surface area contributed by atoms with Gasteiger partial charge in [-0.1, -0.05) is 18.2 Å². The molecule has 0 saturated carbocycles. The molecule has 0 aliphatic heterocycles. The van der Waals surface area contributed by atoms with Crippen LogP contribution in [-0.4, -0.2) is 0 Å². The molecule has 0 spiro atoms. The van der Waals surface area contributed by atoms with Gasteiger partial charge in [-0.2, -0.15) is 5.26 Å². The lowest BCUT2D eigenvalue weighted by Crippen LogP contribution is -1.98. The van der Waals surface area contributed by atoms with Gasteiger partial charge in [0.2, 0.25) is 0 Å². The molecule has 14 heavy (non-hydrogen) atoms. The predicted octanol–water partition coefficient (Wildman–Crippen LogP) is 3.46. The Labute approximate surface area is 96.6 Å². The lowest BCUT2D eigenvalue weighted by atomic mass is 9.93. The highest BCUT2D eigenvalue weighted by Crippen LogP contribution is 2.55. The smallest absolute Gasteiger partial charge is 0.0994 e. The van der Waals surface area contributed by atoms with E-state index in [0.717, 1.165) is 5.56 Å². The molecule has 2 aliphatic carbocycles. The van der Waals surface area contributed by atoms with Crippen molar-refractivity contribution in [3.63, 3.8) is 0 Å². The van der Waals surface area contributed by atoms with Crippen molar-refractivity contribution in [2.75, 3.05) is 0 Å². The average Bonchev–Trinajstić information content (AvgIpc) is 2.74. The molecule has 0 amide bonds. The highest BCUT2D eigenvalue weighted by molar-refractivity contribution is 14.1. The number of hydrogen-bond donors (Lipinski definition) is 0. The van der Waals surface area contributed by atoms with E-state index < -0.39 is 0 Å². The summed E-state index contributed by atoms with van der Waals surface area (Å²) in [5, 5.41) is 9.04. The van der Waals surface area contributed by atoms with Crippen LogP contribution in [0.2, 0.25) is 0 Å². The molecule has 2 heteroatoms. The maximum Gasteiger partial charge on any atom is 0.0994 e. The highest BCUT2D eigenvalue weighted by atomic mass is 127. The van der Waals surface area contributed by atoms with Crippen LogP contribution >= 0.6 is 22.6 Å². The summed E-state index contributed by atoms with van der Waals surface area (Å²) >= 11 is 2.41. The number of hydrogen-bond acceptors (Lipinski definition) is 1. The molecule has 0 aromatic heterocycles. The summed E-state index contributed by atoms with van der Waals surface area (Å²) in [5.74, 6) is 1.10. The molecule has 0 radical (unpaired) electrons. The molecule has 1 aromatic carbocycles. The Morgan fingerprint density at radius 1 is 1.43 bits per heavy atom. The maximum atomic E-state index is 9.04. The van der Waals surface area contributed by atoms with Crippen molar-refractivity contribution < 1.29 is 0 Å². The predicted molar refractivity (Wildman–Crippen MR) is 63.4 cm³/mol. The van der Waals surface area contributed by atoms with Crippen molar-refractivity contribution in [2.24, 2.45) is 0 Å². The second kappa shape index (κ2) is 2.83. The van der Waals surface area contributed by atoms with Crippen LogP contribution in [0.1, 0.15) is 34.9 Å². The molecular weight excluding hydrogens is 285 g/mol. The Kier molecular flexibility index (Phi) is 1.72. The van der Waals surface area contributed by atoms with Crippen molar-refractivity contribution >= 4 is 22.6 Å². The van der Waals surface area contributed by atoms with E-state index in [2.05, 4.69) is 40.8 Å². The van der Waals surface area contributed by atoms with Gasteiger partial charge in [0.25, 0.3) is 0 Å². The number of nitriles is 1. The Morgan fingerprint density at radius 3 is 3.07 bits per heavy atom. The molecule has 2 aliphatic rings. The standard InChI is InChI=1S/C12H8IN/c13-11-5-8-4-10(11)12-7(6-14)2-1-3-9(8)12/h1-3,5,8,10H,4H2/t8-,10+/m1/s1. The molecular formula is C12H8IN. The zero-order valence-electron chi connectivity index (χ0n) is 7.50. The van der Waals surface area contributed by atoms with E-state index in [4.69, 9.17) is 5.26 Å². The van der Waals surface area contributed by atoms with Gasteiger partial charge in [-0.25, -0.2) is 0 Å². The van der Waals surface area contributed by atoms with Gasteiger partial charge >= 0.3 is 0 Å². The summed E-state index contributed by atoms with van der Waals surface area (Å²) < 4.78 is 1.42. The third-order valence-electron chi connectivity index (χ3n) is 3.19. The van der Waals surface area contributed by atoms with Gasteiger partial charge in [0, 0.05) is 11.8 Å². The number of benzene rings is 1. The van der Waals surface area contributed by atoms with Crippen LogP contribution in [0.3, 0.4) is 0 Å². The van der Waals surface area contributed by atoms with Gasteiger partial charge in [-0.3, -0.25) is 0 Å². The van der Waals surface area contributed by atoms with E-state index in [9.17, 15) is 0 Å². The Balaban J connectivity index is 2.27. The lowest BCUT2D eigenvalue weighted by Gasteiger charge is -2.14. The van der Waals surface area contributed by atoms with Crippen molar-refractivity contribution in [2.45, 2.75) is 18.3 Å². The number of halogens is 1. The first-order valence-corrected chi connectivity index (χ1v) is 5.79. The van der Waals surface area contributed by atoms with Gasteiger partial charge < -0.3 is 0 Å². The summed E-state index contributed by atoms with van der Waals surface area (Å²) in [5.41, 5.74) is 3.55. The van der Waals surface area contributed by atoms with Crippen LogP contribution in [0, 0.1) is 11.3 Å². The first kappa shape index (κ1) is 8.49. The zero-order valence-corrected chi connectivity index (χ0v) is 9.65. The molecule has 2 atom stereocenters. The molecule has 0 fully saturated rings. The zero-order chi connectivity index (χ0) is 9.71. The molecule has 3 rings (SSSR count). The van der Waals surface area contributed by atoms with Crippen molar-refractivity contribution in [1.29, 1.82) is 5.26 Å². The molecule has 1 aromatic rings. The minimum absolute atomic E-state index is 0.520. The largest absolute Gasteiger partial charge is 0.192 e. The average molecular weight is 293 g/mol. The van der Waals surface area contributed by atoms with Crippen LogP contribution in [0.25, 0.3) is 0 Å². The molecule has 0 unspecified atom stereocenters. The fourth-order valence-corrected chi connectivity index (χ4v) is 3.61. The van der Waals surface area contributed by atoms with E-state index >= 15 is 0 Å². The Bertz CT molecular complexity index is 482. The SMILES string of the molecule is N#Cc1cccc2c1[C@H]1C[C@@H]2C=C1I. The number of nitrogens with zero attached hydrogens (tertiary/aromatic N) is 1. The lowest BCUT2D eigenvalue weighted by molar-refractivity contribution is 0.802. The summed E-state index contributed by atoms with van der Waals surface area (Å²) in [4.78, 5) is 0. The summed E-state index contributed by atoms with van der Waals surface area (Å²) in [6.07, 6.45) is 3.53. The minimum Gasteiger partial charge on any atom is -0.192 e. The molecule has 0 N–H and O–H groups in total. The van der Waals surface area contributed by atoms with Crippen LogP contribution in [0.5, 0.6) is 0 Å². The first-order valence-electron chi connectivity index (χ1n) is 4.71. The molecule has 68 valence electrons. The Morgan fingerprint density at radius 2 is 2.29 bits per heavy atom. The second-order valence-electron chi connectivity index (χ2n) is 3.87. The first-order chi connectivity index (χ1) is 6.81. The van der Waals surface area contributed by atoms with Crippen LogP contribution in [0.4, 0.5) is 0 Å². The topological polar surface area (TPSA) is 23.8 Å². The fraction of sp³-hybridized carbons (Fsp3) is 0.250. The van der Waals surface area contributed by atoms with Crippen LogP contribution in [-0.2, 0) is 0 Å². The molecule has 0 heterocycles. The Hall–Kier alpha value is -0.820. The third-order valence-corrected chi connectivity index (χ3v) is 4.30. The van der Waals surface area contributed by atoms with Crippen molar-refractivity contribution in [3.8, 4) is 6.07 Å². The third kappa shape index (κ3) is 0.936. The van der Waals surface area contributed by atoms with Crippen molar-refractivity contribution in [3.05, 3.63) is 44.5 Å². The second-order valence-corrected chi connectivity index (χ2v) is 5.11. The van der Waals surface area contributed by atoms with E-state index in [1.165, 1.54) is 21.1 Å². The molecule has 2 bridgehead atoms. The quantitative estimate of drug-likeness (QED) is 0.672. The van der Waals surface area contributed by atoms with Gasteiger partial charge in [0.05, 0.1) is 11.6 Å². The van der Waals surface area contributed by atoms with E-state index in [1.807, 2.05) is 12.1 Å². The summed E-state index contributed by atoms with van der Waals surface area (Å²) in [7, 11) is 0. The van der Waals surface area contributed by atoms with Gasteiger partial charge in [0.1, 0.15) is 0 Å². The van der Waals surface area contributed by atoms with Gasteiger partial charge in [0.15, 0.2) is 0 Å². The summed E-state index contributed by atoms with van der Waals surface area (Å²) in [6, 6.07) is 8.40. The van der Waals surface area contributed by atoms with Gasteiger partial charge in [-0.05, 0) is 49.8 Å². The summed E-state index contributed by atoms with van der Waals surface area (Å²) in [6.45, 7) is 0. The van der Waals surface area contributed by atoms with E-state index in [0.29, 0.717) is 11.8 Å².